The SMILES string of the molecule is Fc1cc(CNc2cccc(Cl)n2)cc(F)c1F. The fourth-order valence-electron chi connectivity index (χ4n) is 1.41. The van der Waals surface area contributed by atoms with Crippen molar-refractivity contribution >= 4 is 17.4 Å². The Bertz CT molecular complexity index is 552. The summed E-state index contributed by atoms with van der Waals surface area (Å²) in [4.78, 5) is 3.94. The molecule has 1 N–H and O–H groups in total. The molecule has 0 atom stereocenters. The minimum Gasteiger partial charge on any atom is -0.366 e. The normalized spacial score (nSPS) is 10.4. The van der Waals surface area contributed by atoms with Crippen molar-refractivity contribution in [2.75, 3.05) is 5.32 Å². The van der Waals surface area contributed by atoms with Crippen LogP contribution in [0.25, 0.3) is 0 Å². The van der Waals surface area contributed by atoms with Gasteiger partial charge in [0.2, 0.25) is 0 Å². The zero-order chi connectivity index (χ0) is 13.1. The van der Waals surface area contributed by atoms with Gasteiger partial charge in [-0.3, -0.25) is 0 Å². The second kappa shape index (κ2) is 5.27. The number of halogens is 4. The Kier molecular flexibility index (Phi) is 3.72. The molecule has 94 valence electrons. The second-order valence-electron chi connectivity index (χ2n) is 3.57. The average Bonchev–Trinajstić information content (AvgIpc) is 2.33. The van der Waals surface area contributed by atoms with Gasteiger partial charge in [0.15, 0.2) is 17.5 Å². The number of nitrogens with zero attached hydrogens (tertiary/aromatic N) is 1. The van der Waals surface area contributed by atoms with Gasteiger partial charge in [0.05, 0.1) is 0 Å². The van der Waals surface area contributed by atoms with E-state index in [-0.39, 0.29) is 12.1 Å². The summed E-state index contributed by atoms with van der Waals surface area (Å²) < 4.78 is 38.6. The zero-order valence-corrected chi connectivity index (χ0v) is 9.81. The van der Waals surface area contributed by atoms with Crippen LogP contribution in [0.3, 0.4) is 0 Å². The Balaban J connectivity index is 2.11. The fourth-order valence-corrected chi connectivity index (χ4v) is 1.57. The van der Waals surface area contributed by atoms with E-state index < -0.39 is 17.5 Å². The summed E-state index contributed by atoms with van der Waals surface area (Å²) in [6.07, 6.45) is 0. The molecule has 0 radical (unpaired) electrons. The lowest BCUT2D eigenvalue weighted by atomic mass is 10.2. The molecule has 0 saturated heterocycles. The molecular weight excluding hydrogens is 265 g/mol. The van der Waals surface area contributed by atoms with Crippen LogP contribution in [0.1, 0.15) is 5.56 Å². The zero-order valence-electron chi connectivity index (χ0n) is 9.05. The highest BCUT2D eigenvalue weighted by molar-refractivity contribution is 6.29. The summed E-state index contributed by atoms with van der Waals surface area (Å²) >= 11 is 5.68. The highest BCUT2D eigenvalue weighted by Crippen LogP contribution is 2.15. The number of aromatic nitrogens is 1. The van der Waals surface area contributed by atoms with E-state index in [9.17, 15) is 13.2 Å². The van der Waals surface area contributed by atoms with Gasteiger partial charge in [0.1, 0.15) is 11.0 Å². The predicted octanol–water partition coefficient (Wildman–Crippen LogP) is 3.76. The molecule has 2 aromatic rings. The van der Waals surface area contributed by atoms with Crippen LogP contribution in [0.2, 0.25) is 5.15 Å². The van der Waals surface area contributed by atoms with E-state index >= 15 is 0 Å². The molecule has 0 amide bonds. The van der Waals surface area contributed by atoms with Crippen LogP contribution < -0.4 is 5.32 Å². The van der Waals surface area contributed by atoms with Crippen molar-refractivity contribution in [3.05, 3.63) is 58.5 Å². The number of hydrogen-bond donors (Lipinski definition) is 1. The van der Waals surface area contributed by atoms with Crippen molar-refractivity contribution < 1.29 is 13.2 Å². The molecule has 2 nitrogen and oxygen atoms in total. The first-order valence-corrected chi connectivity index (χ1v) is 5.44. The molecule has 0 unspecified atom stereocenters. The molecule has 18 heavy (non-hydrogen) atoms. The molecule has 0 bridgehead atoms. The van der Waals surface area contributed by atoms with E-state index in [0.717, 1.165) is 12.1 Å². The lowest BCUT2D eigenvalue weighted by Crippen LogP contribution is -2.03. The molecule has 1 aromatic carbocycles. The molecule has 2 rings (SSSR count). The minimum atomic E-state index is -1.47. The number of pyridine rings is 1. The maximum atomic E-state index is 13.0. The molecular formula is C12H8ClF3N2. The van der Waals surface area contributed by atoms with Gasteiger partial charge in [-0.05, 0) is 29.8 Å². The Hall–Kier alpha value is -1.75. The Morgan fingerprint density at radius 2 is 1.78 bits per heavy atom. The van der Waals surface area contributed by atoms with Crippen LogP contribution in [0.4, 0.5) is 19.0 Å². The summed E-state index contributed by atoms with van der Waals surface area (Å²) in [5, 5.41) is 3.13. The standard InChI is InChI=1S/C12H8ClF3N2/c13-10-2-1-3-11(18-10)17-6-7-4-8(14)12(16)9(15)5-7/h1-5H,6H2,(H,17,18). The lowest BCUT2D eigenvalue weighted by Gasteiger charge is -2.06. The van der Waals surface area contributed by atoms with Gasteiger partial charge in [-0.25, -0.2) is 18.2 Å². The van der Waals surface area contributed by atoms with E-state index in [0.29, 0.717) is 11.0 Å². The van der Waals surface area contributed by atoms with Crippen LogP contribution in [-0.4, -0.2) is 4.98 Å². The molecule has 0 saturated carbocycles. The molecule has 6 heteroatoms. The van der Waals surface area contributed by atoms with E-state index in [4.69, 9.17) is 11.6 Å². The van der Waals surface area contributed by atoms with Crippen molar-refractivity contribution in [1.29, 1.82) is 0 Å². The average molecular weight is 273 g/mol. The smallest absolute Gasteiger partial charge is 0.194 e. The number of anilines is 1. The van der Waals surface area contributed by atoms with E-state index in [1.165, 1.54) is 0 Å². The van der Waals surface area contributed by atoms with Crippen molar-refractivity contribution in [3.63, 3.8) is 0 Å². The summed E-state index contributed by atoms with van der Waals surface area (Å²) in [5.41, 5.74) is 0.271. The highest BCUT2D eigenvalue weighted by Gasteiger charge is 2.10. The summed E-state index contributed by atoms with van der Waals surface area (Å²) in [6, 6.07) is 6.79. The van der Waals surface area contributed by atoms with Gasteiger partial charge in [-0.1, -0.05) is 17.7 Å². The molecule has 0 aliphatic rings. The predicted molar refractivity (Wildman–Crippen MR) is 62.9 cm³/mol. The van der Waals surface area contributed by atoms with Crippen LogP contribution >= 0.6 is 11.6 Å². The van der Waals surface area contributed by atoms with Gasteiger partial charge in [-0.15, -0.1) is 0 Å². The first-order valence-electron chi connectivity index (χ1n) is 5.06. The lowest BCUT2D eigenvalue weighted by molar-refractivity contribution is 0.445. The summed E-state index contributed by atoms with van der Waals surface area (Å²) in [6.45, 7) is 0.113. The number of hydrogen-bond acceptors (Lipinski definition) is 2. The van der Waals surface area contributed by atoms with Crippen molar-refractivity contribution in [3.8, 4) is 0 Å². The maximum Gasteiger partial charge on any atom is 0.194 e. The Labute approximate surface area is 106 Å². The Morgan fingerprint density at radius 3 is 2.39 bits per heavy atom. The van der Waals surface area contributed by atoms with Crippen molar-refractivity contribution in [1.82, 2.24) is 4.98 Å². The third-order valence-electron chi connectivity index (χ3n) is 2.23. The third kappa shape index (κ3) is 2.92. The summed E-state index contributed by atoms with van der Waals surface area (Å²) in [7, 11) is 0. The topological polar surface area (TPSA) is 24.9 Å². The second-order valence-corrected chi connectivity index (χ2v) is 3.96. The largest absolute Gasteiger partial charge is 0.366 e. The first-order chi connectivity index (χ1) is 8.56. The van der Waals surface area contributed by atoms with Crippen LogP contribution in [-0.2, 0) is 6.54 Å². The quantitative estimate of drug-likeness (QED) is 0.680. The van der Waals surface area contributed by atoms with Crippen molar-refractivity contribution in [2.24, 2.45) is 0 Å². The number of rotatable bonds is 3. The van der Waals surface area contributed by atoms with Crippen LogP contribution in [0.15, 0.2) is 30.3 Å². The number of nitrogens with one attached hydrogen (secondary N) is 1. The Morgan fingerprint density at radius 1 is 1.11 bits per heavy atom. The van der Waals surface area contributed by atoms with Gasteiger partial charge in [0.25, 0.3) is 0 Å². The van der Waals surface area contributed by atoms with Gasteiger partial charge in [0, 0.05) is 6.54 Å². The number of benzene rings is 1. The monoisotopic (exact) mass is 272 g/mol. The molecule has 0 aliphatic heterocycles. The molecule has 1 heterocycles. The summed E-state index contributed by atoms with van der Waals surface area (Å²) in [5.74, 6) is -3.44. The molecule has 1 aromatic heterocycles. The molecule has 0 fully saturated rings. The molecule has 0 aliphatic carbocycles. The minimum absolute atomic E-state index is 0.113. The van der Waals surface area contributed by atoms with Crippen LogP contribution in [0, 0.1) is 17.5 Å². The van der Waals surface area contributed by atoms with Gasteiger partial charge >= 0.3 is 0 Å². The first kappa shape index (κ1) is 12.7. The fraction of sp³-hybridized carbons (Fsp3) is 0.0833. The van der Waals surface area contributed by atoms with E-state index in [1.807, 2.05) is 0 Å². The van der Waals surface area contributed by atoms with E-state index in [1.54, 1.807) is 18.2 Å². The van der Waals surface area contributed by atoms with Crippen molar-refractivity contribution in [2.45, 2.75) is 6.54 Å². The van der Waals surface area contributed by atoms with E-state index in [2.05, 4.69) is 10.3 Å². The van der Waals surface area contributed by atoms with Crippen LogP contribution in [0.5, 0.6) is 0 Å². The molecule has 0 spiro atoms. The maximum absolute atomic E-state index is 13.0. The van der Waals surface area contributed by atoms with Gasteiger partial charge in [-0.2, -0.15) is 0 Å². The van der Waals surface area contributed by atoms with Gasteiger partial charge < -0.3 is 5.32 Å². The third-order valence-corrected chi connectivity index (χ3v) is 2.44. The highest BCUT2D eigenvalue weighted by atomic mass is 35.5.